The number of hydrogen-bond donors (Lipinski definition) is 1. The number of nitrogens with two attached hydrogens (primary N) is 1. The van der Waals surface area contributed by atoms with Crippen molar-refractivity contribution in [3.05, 3.63) is 52.9 Å². The van der Waals surface area contributed by atoms with E-state index >= 15 is 0 Å². The van der Waals surface area contributed by atoms with E-state index in [1.807, 2.05) is 24.1 Å². The fourth-order valence-corrected chi connectivity index (χ4v) is 3.15. The van der Waals surface area contributed by atoms with Crippen molar-refractivity contribution in [2.75, 3.05) is 25.9 Å². The van der Waals surface area contributed by atoms with Crippen molar-refractivity contribution in [2.24, 2.45) is 0 Å². The molecule has 0 spiro atoms. The minimum Gasteiger partial charge on any atom is -0.384 e. The highest BCUT2D eigenvalue weighted by Crippen LogP contribution is 2.22. The predicted molar refractivity (Wildman–Crippen MR) is 93.7 cm³/mol. The van der Waals surface area contributed by atoms with Crippen molar-refractivity contribution in [2.45, 2.75) is 19.0 Å². The van der Waals surface area contributed by atoms with Crippen LogP contribution < -0.4 is 5.73 Å². The lowest BCUT2D eigenvalue weighted by atomic mass is 10.2. The van der Waals surface area contributed by atoms with Crippen LogP contribution >= 0.6 is 11.6 Å². The van der Waals surface area contributed by atoms with E-state index < -0.39 is 0 Å². The Bertz CT molecular complexity index is 738. The molecule has 1 unspecified atom stereocenters. The van der Waals surface area contributed by atoms with Crippen LogP contribution in [0.5, 0.6) is 0 Å². The molecule has 24 heavy (non-hydrogen) atoms. The van der Waals surface area contributed by atoms with Gasteiger partial charge < -0.3 is 10.6 Å². The van der Waals surface area contributed by atoms with Gasteiger partial charge in [-0.15, -0.1) is 0 Å². The number of hydrogen-bond acceptors (Lipinski definition) is 5. The van der Waals surface area contributed by atoms with Crippen LogP contribution in [-0.4, -0.2) is 51.9 Å². The van der Waals surface area contributed by atoms with E-state index in [9.17, 15) is 4.79 Å². The number of likely N-dealkylation sites (N-methyl/N-ethyl adjacent to an activating group) is 1. The van der Waals surface area contributed by atoms with Gasteiger partial charge >= 0.3 is 0 Å². The van der Waals surface area contributed by atoms with Crippen LogP contribution in [0.15, 0.2) is 36.5 Å². The molecule has 1 aliphatic heterocycles. The lowest BCUT2D eigenvalue weighted by Crippen LogP contribution is -2.36. The maximum Gasteiger partial charge on any atom is 0.255 e. The first kappa shape index (κ1) is 16.7. The highest BCUT2D eigenvalue weighted by molar-refractivity contribution is 6.33. The van der Waals surface area contributed by atoms with Crippen LogP contribution in [0.4, 0.5) is 5.82 Å². The second-order valence-corrected chi connectivity index (χ2v) is 6.39. The number of halogens is 1. The van der Waals surface area contributed by atoms with Crippen molar-refractivity contribution in [1.29, 1.82) is 0 Å². The third-order valence-corrected chi connectivity index (χ3v) is 4.63. The maximum absolute atomic E-state index is 12.6. The zero-order valence-corrected chi connectivity index (χ0v) is 14.3. The quantitative estimate of drug-likeness (QED) is 0.918. The van der Waals surface area contributed by atoms with E-state index in [2.05, 4.69) is 14.9 Å². The summed E-state index contributed by atoms with van der Waals surface area (Å²) in [6.07, 6.45) is 2.57. The molecule has 6 nitrogen and oxygen atoms in total. The molecule has 2 aromatic rings. The normalized spacial score (nSPS) is 17.5. The van der Waals surface area contributed by atoms with E-state index in [-0.39, 0.29) is 11.9 Å². The molecule has 1 amide bonds. The van der Waals surface area contributed by atoms with Crippen LogP contribution in [0.25, 0.3) is 0 Å². The number of nitrogen functional groups attached to an aromatic ring is 1. The zero-order valence-electron chi connectivity index (χ0n) is 13.5. The van der Waals surface area contributed by atoms with Crippen molar-refractivity contribution in [3.63, 3.8) is 0 Å². The first-order chi connectivity index (χ1) is 11.5. The topological polar surface area (TPSA) is 75.4 Å². The average molecular weight is 346 g/mol. The summed E-state index contributed by atoms with van der Waals surface area (Å²) in [5, 5.41) is 0.493. The molecule has 0 saturated carbocycles. The van der Waals surface area contributed by atoms with Gasteiger partial charge in [0.05, 0.1) is 17.1 Å². The zero-order chi connectivity index (χ0) is 17.1. The van der Waals surface area contributed by atoms with Gasteiger partial charge in [0.25, 0.3) is 5.91 Å². The van der Waals surface area contributed by atoms with Gasteiger partial charge in [-0.3, -0.25) is 9.69 Å². The van der Waals surface area contributed by atoms with E-state index in [1.165, 1.54) is 0 Å². The van der Waals surface area contributed by atoms with Crippen LogP contribution in [-0.2, 0) is 6.54 Å². The van der Waals surface area contributed by atoms with Crippen LogP contribution in [0.2, 0.25) is 5.02 Å². The first-order valence-corrected chi connectivity index (χ1v) is 8.24. The number of anilines is 1. The largest absolute Gasteiger partial charge is 0.384 e. The van der Waals surface area contributed by atoms with Gasteiger partial charge in [0, 0.05) is 25.3 Å². The van der Waals surface area contributed by atoms with Crippen LogP contribution in [0.1, 0.15) is 22.6 Å². The lowest BCUT2D eigenvalue weighted by molar-refractivity contribution is 0.0779. The molecule has 1 aromatic carbocycles. The first-order valence-electron chi connectivity index (χ1n) is 7.86. The Hall–Kier alpha value is -2.18. The van der Waals surface area contributed by atoms with E-state index in [1.54, 1.807) is 24.4 Å². The molecule has 0 aliphatic carbocycles. The van der Waals surface area contributed by atoms with Crippen molar-refractivity contribution < 1.29 is 4.79 Å². The number of benzene rings is 1. The average Bonchev–Trinajstić information content (AvgIpc) is 3.05. The van der Waals surface area contributed by atoms with E-state index in [0.717, 1.165) is 13.0 Å². The number of likely N-dealkylation sites (tertiary alicyclic amines) is 1. The summed E-state index contributed by atoms with van der Waals surface area (Å²) in [4.78, 5) is 25.1. The molecule has 2 N–H and O–H groups in total. The molecule has 0 bridgehead atoms. The summed E-state index contributed by atoms with van der Waals surface area (Å²) in [6, 6.07) is 9.10. The number of nitrogens with zero attached hydrogens (tertiary/aromatic N) is 4. The molecule has 1 aliphatic rings. The smallest absolute Gasteiger partial charge is 0.255 e. The fourth-order valence-electron chi connectivity index (χ4n) is 2.93. The van der Waals surface area contributed by atoms with Crippen molar-refractivity contribution in [3.8, 4) is 0 Å². The number of carbonyl (C=O) groups is 1. The van der Waals surface area contributed by atoms with E-state index in [4.69, 9.17) is 17.3 Å². The lowest BCUT2D eigenvalue weighted by Gasteiger charge is -2.24. The summed E-state index contributed by atoms with van der Waals surface area (Å²) in [6.45, 7) is 1.99. The summed E-state index contributed by atoms with van der Waals surface area (Å²) in [5.74, 6) is 1.14. The van der Waals surface area contributed by atoms with Gasteiger partial charge in [-0.2, -0.15) is 0 Å². The summed E-state index contributed by atoms with van der Waals surface area (Å²) in [7, 11) is 2.01. The Kier molecular flexibility index (Phi) is 4.97. The molecular formula is C17H20ClN5O. The number of aromatic nitrogens is 2. The minimum absolute atomic E-state index is 0.0169. The Balaban J connectivity index is 1.62. The third-order valence-electron chi connectivity index (χ3n) is 4.30. The molecule has 126 valence electrons. The van der Waals surface area contributed by atoms with Crippen LogP contribution in [0, 0.1) is 0 Å². The maximum atomic E-state index is 12.6. The van der Waals surface area contributed by atoms with E-state index in [0.29, 0.717) is 35.3 Å². The highest BCUT2D eigenvalue weighted by atomic mass is 35.5. The molecule has 1 aromatic heterocycles. The second kappa shape index (κ2) is 7.15. The fraction of sp³-hybridized carbons (Fsp3) is 0.353. The van der Waals surface area contributed by atoms with Gasteiger partial charge in [-0.25, -0.2) is 9.97 Å². The summed E-state index contributed by atoms with van der Waals surface area (Å²) >= 11 is 6.13. The van der Waals surface area contributed by atoms with Crippen molar-refractivity contribution >= 4 is 23.3 Å². The van der Waals surface area contributed by atoms with Gasteiger partial charge in [-0.1, -0.05) is 23.7 Å². The Morgan fingerprint density at radius 3 is 2.96 bits per heavy atom. The Morgan fingerprint density at radius 1 is 1.42 bits per heavy atom. The molecule has 1 saturated heterocycles. The molecule has 2 heterocycles. The number of carbonyl (C=O) groups excluding carboxylic acids is 1. The SMILES string of the molecule is CN(Cc1nccc(N)n1)C1CCN(C(=O)c2ccccc2Cl)C1. The third kappa shape index (κ3) is 3.66. The van der Waals surface area contributed by atoms with Gasteiger partial charge in [0.2, 0.25) is 0 Å². The molecule has 1 fully saturated rings. The van der Waals surface area contributed by atoms with Gasteiger partial charge in [-0.05, 0) is 31.7 Å². The monoisotopic (exact) mass is 345 g/mol. The molecule has 3 rings (SSSR count). The minimum atomic E-state index is -0.0169. The molecule has 0 radical (unpaired) electrons. The molecule has 7 heteroatoms. The van der Waals surface area contributed by atoms with Gasteiger partial charge in [0.15, 0.2) is 0 Å². The van der Waals surface area contributed by atoms with Crippen molar-refractivity contribution in [1.82, 2.24) is 19.8 Å². The number of amides is 1. The molecule has 1 atom stereocenters. The van der Waals surface area contributed by atoms with Crippen LogP contribution in [0.3, 0.4) is 0 Å². The Labute approximate surface area is 146 Å². The second-order valence-electron chi connectivity index (χ2n) is 5.99. The molecular weight excluding hydrogens is 326 g/mol. The summed E-state index contributed by atoms with van der Waals surface area (Å²) < 4.78 is 0. The Morgan fingerprint density at radius 2 is 2.21 bits per heavy atom. The predicted octanol–water partition coefficient (Wildman–Crippen LogP) is 2.06. The number of rotatable bonds is 4. The summed E-state index contributed by atoms with van der Waals surface area (Å²) in [5.41, 5.74) is 6.25. The standard InChI is InChI=1S/C17H20ClN5O/c1-22(11-16-20-8-6-15(19)21-16)12-7-9-23(10-12)17(24)13-4-2-3-5-14(13)18/h2-6,8,12H,7,9-11H2,1H3,(H2,19,20,21). The van der Waals surface area contributed by atoms with Gasteiger partial charge in [0.1, 0.15) is 11.6 Å². The highest BCUT2D eigenvalue weighted by Gasteiger charge is 2.30.